The average molecular weight is 405 g/mol. The SMILES string of the molecule is Cn1ccc2c(C(=O)NCCN3C(=O)SC(=Cc4ccccc4)C3=O)cccc21. The Morgan fingerprint density at radius 1 is 1.07 bits per heavy atom. The first-order valence-electron chi connectivity index (χ1n) is 9.17. The number of amides is 3. The standard InChI is InChI=1S/C22H19N3O3S/c1-24-12-10-16-17(8-5-9-18(16)24)20(26)23-11-13-25-21(27)19(29-22(25)28)14-15-6-3-2-4-7-15/h2-10,12,14H,11,13H2,1H3,(H,23,26). The number of rotatable bonds is 5. The summed E-state index contributed by atoms with van der Waals surface area (Å²) in [5, 5.41) is 3.35. The van der Waals surface area contributed by atoms with E-state index in [1.807, 2.05) is 66.3 Å². The molecule has 4 rings (SSSR count). The Bertz CT molecular complexity index is 1130. The van der Waals surface area contributed by atoms with E-state index < -0.39 is 0 Å². The summed E-state index contributed by atoms with van der Waals surface area (Å²) in [4.78, 5) is 38.9. The highest BCUT2D eigenvalue weighted by molar-refractivity contribution is 8.18. The monoisotopic (exact) mass is 405 g/mol. The lowest BCUT2D eigenvalue weighted by molar-refractivity contribution is -0.122. The molecule has 1 aliphatic rings. The molecular formula is C22H19N3O3S. The zero-order valence-electron chi connectivity index (χ0n) is 15.8. The number of aryl methyl sites for hydroxylation is 1. The second-order valence-electron chi connectivity index (χ2n) is 6.66. The van der Waals surface area contributed by atoms with Gasteiger partial charge in [-0.15, -0.1) is 0 Å². The van der Waals surface area contributed by atoms with Crippen LogP contribution in [0.5, 0.6) is 0 Å². The number of hydrogen-bond donors (Lipinski definition) is 1. The van der Waals surface area contributed by atoms with E-state index in [-0.39, 0.29) is 30.1 Å². The number of nitrogens with one attached hydrogen (secondary N) is 1. The molecule has 0 saturated carbocycles. The van der Waals surface area contributed by atoms with Gasteiger partial charge in [-0.05, 0) is 41.6 Å². The highest BCUT2D eigenvalue weighted by atomic mass is 32.2. The van der Waals surface area contributed by atoms with Crippen LogP contribution in [0.3, 0.4) is 0 Å². The van der Waals surface area contributed by atoms with E-state index in [0.29, 0.717) is 10.5 Å². The topological polar surface area (TPSA) is 71.4 Å². The number of imide groups is 1. The van der Waals surface area contributed by atoms with Crippen molar-refractivity contribution in [2.45, 2.75) is 0 Å². The van der Waals surface area contributed by atoms with Gasteiger partial charge < -0.3 is 9.88 Å². The van der Waals surface area contributed by atoms with Crippen molar-refractivity contribution >= 4 is 45.8 Å². The van der Waals surface area contributed by atoms with Gasteiger partial charge in [-0.3, -0.25) is 19.3 Å². The van der Waals surface area contributed by atoms with Crippen LogP contribution in [0, 0.1) is 0 Å². The van der Waals surface area contributed by atoms with Crippen LogP contribution < -0.4 is 5.32 Å². The maximum Gasteiger partial charge on any atom is 0.293 e. The molecule has 2 heterocycles. The summed E-state index contributed by atoms with van der Waals surface area (Å²) in [5.41, 5.74) is 2.40. The highest BCUT2D eigenvalue weighted by Gasteiger charge is 2.34. The lowest BCUT2D eigenvalue weighted by atomic mass is 10.1. The summed E-state index contributed by atoms with van der Waals surface area (Å²) in [6, 6.07) is 16.8. The quantitative estimate of drug-likeness (QED) is 0.658. The average Bonchev–Trinajstić information content (AvgIpc) is 3.23. The zero-order chi connectivity index (χ0) is 20.4. The number of hydrogen-bond acceptors (Lipinski definition) is 4. The largest absolute Gasteiger partial charge is 0.351 e. The normalized spacial score (nSPS) is 15.5. The van der Waals surface area contributed by atoms with Crippen LogP contribution in [0.2, 0.25) is 0 Å². The summed E-state index contributed by atoms with van der Waals surface area (Å²) in [6.07, 6.45) is 3.61. The minimum atomic E-state index is -0.330. The minimum absolute atomic E-state index is 0.132. The Kier molecular flexibility index (Phi) is 5.22. The van der Waals surface area contributed by atoms with Gasteiger partial charge in [0.05, 0.1) is 4.91 Å². The molecule has 1 N–H and O–H groups in total. The lowest BCUT2D eigenvalue weighted by Crippen LogP contribution is -2.37. The molecule has 2 aromatic carbocycles. The first kappa shape index (κ1) is 19.0. The third-order valence-corrected chi connectivity index (χ3v) is 5.67. The third-order valence-electron chi connectivity index (χ3n) is 4.76. The summed E-state index contributed by atoms with van der Waals surface area (Å²) in [6.45, 7) is 0.325. The van der Waals surface area contributed by atoms with E-state index in [2.05, 4.69) is 5.32 Å². The first-order valence-corrected chi connectivity index (χ1v) is 9.99. The van der Waals surface area contributed by atoms with Crippen LogP contribution in [0.15, 0.2) is 65.7 Å². The van der Waals surface area contributed by atoms with Gasteiger partial charge in [0.25, 0.3) is 17.1 Å². The number of thioether (sulfide) groups is 1. The summed E-state index contributed by atoms with van der Waals surface area (Å²) in [5.74, 6) is -0.558. The molecule has 3 amide bonds. The summed E-state index contributed by atoms with van der Waals surface area (Å²) < 4.78 is 1.95. The van der Waals surface area contributed by atoms with Crippen molar-refractivity contribution in [2.75, 3.05) is 13.1 Å². The smallest absolute Gasteiger partial charge is 0.293 e. The van der Waals surface area contributed by atoms with E-state index in [0.717, 1.165) is 28.2 Å². The van der Waals surface area contributed by atoms with Crippen molar-refractivity contribution in [2.24, 2.45) is 7.05 Å². The number of carbonyl (C=O) groups is 3. The molecule has 6 nitrogen and oxygen atoms in total. The van der Waals surface area contributed by atoms with Crippen molar-refractivity contribution in [3.8, 4) is 0 Å². The van der Waals surface area contributed by atoms with Crippen molar-refractivity contribution in [1.82, 2.24) is 14.8 Å². The molecule has 7 heteroatoms. The maximum atomic E-state index is 12.6. The molecule has 0 radical (unpaired) electrons. The molecule has 0 spiro atoms. The van der Waals surface area contributed by atoms with Crippen molar-refractivity contribution in [3.63, 3.8) is 0 Å². The first-order chi connectivity index (χ1) is 14.0. The van der Waals surface area contributed by atoms with Crippen LogP contribution in [0.4, 0.5) is 4.79 Å². The Balaban J connectivity index is 1.40. The van der Waals surface area contributed by atoms with E-state index in [4.69, 9.17) is 0 Å². The Morgan fingerprint density at radius 2 is 1.86 bits per heavy atom. The molecule has 1 aliphatic heterocycles. The molecule has 146 valence electrons. The molecular weight excluding hydrogens is 386 g/mol. The van der Waals surface area contributed by atoms with Crippen LogP contribution in [0.1, 0.15) is 15.9 Å². The van der Waals surface area contributed by atoms with E-state index in [9.17, 15) is 14.4 Å². The van der Waals surface area contributed by atoms with Crippen LogP contribution >= 0.6 is 11.8 Å². The summed E-state index contributed by atoms with van der Waals surface area (Å²) >= 11 is 0.920. The zero-order valence-corrected chi connectivity index (χ0v) is 16.6. The van der Waals surface area contributed by atoms with Gasteiger partial charge in [0, 0.05) is 42.8 Å². The molecule has 1 fully saturated rings. The van der Waals surface area contributed by atoms with Gasteiger partial charge in [-0.25, -0.2) is 0 Å². The lowest BCUT2D eigenvalue weighted by Gasteiger charge is -2.13. The van der Waals surface area contributed by atoms with Gasteiger partial charge in [-0.1, -0.05) is 36.4 Å². The Labute approximate surface area is 172 Å². The van der Waals surface area contributed by atoms with E-state index in [1.54, 1.807) is 12.1 Å². The molecule has 0 aliphatic carbocycles. The number of fused-ring (bicyclic) bond motifs is 1. The predicted molar refractivity (Wildman–Crippen MR) is 114 cm³/mol. The maximum absolute atomic E-state index is 12.6. The Morgan fingerprint density at radius 3 is 2.66 bits per heavy atom. The fourth-order valence-corrected chi connectivity index (χ4v) is 4.14. The molecule has 0 atom stereocenters. The third kappa shape index (κ3) is 3.82. The molecule has 0 bridgehead atoms. The molecule has 0 unspecified atom stereocenters. The highest BCUT2D eigenvalue weighted by Crippen LogP contribution is 2.31. The van der Waals surface area contributed by atoms with Crippen LogP contribution in [0.25, 0.3) is 17.0 Å². The van der Waals surface area contributed by atoms with Gasteiger partial charge in [-0.2, -0.15) is 0 Å². The van der Waals surface area contributed by atoms with E-state index >= 15 is 0 Å². The van der Waals surface area contributed by atoms with Gasteiger partial charge in [0.15, 0.2) is 0 Å². The number of nitrogens with zero attached hydrogens (tertiary/aromatic N) is 2. The molecule has 1 aromatic heterocycles. The van der Waals surface area contributed by atoms with Gasteiger partial charge in [0.2, 0.25) is 0 Å². The van der Waals surface area contributed by atoms with Gasteiger partial charge >= 0.3 is 0 Å². The predicted octanol–water partition coefficient (Wildman–Crippen LogP) is 3.64. The van der Waals surface area contributed by atoms with Crippen molar-refractivity contribution in [1.29, 1.82) is 0 Å². The minimum Gasteiger partial charge on any atom is -0.351 e. The van der Waals surface area contributed by atoms with Crippen molar-refractivity contribution < 1.29 is 14.4 Å². The molecule has 3 aromatic rings. The van der Waals surface area contributed by atoms with Crippen LogP contribution in [-0.2, 0) is 11.8 Å². The molecule has 1 saturated heterocycles. The summed E-state index contributed by atoms with van der Waals surface area (Å²) in [7, 11) is 1.92. The molecule has 29 heavy (non-hydrogen) atoms. The van der Waals surface area contributed by atoms with Gasteiger partial charge in [0.1, 0.15) is 0 Å². The van der Waals surface area contributed by atoms with E-state index in [1.165, 1.54) is 4.90 Å². The Hall–Kier alpha value is -3.32. The van der Waals surface area contributed by atoms with Crippen molar-refractivity contribution in [3.05, 3.63) is 76.8 Å². The number of aromatic nitrogens is 1. The fourth-order valence-electron chi connectivity index (χ4n) is 3.27. The van der Waals surface area contributed by atoms with Crippen LogP contribution in [-0.4, -0.2) is 39.6 Å². The number of benzene rings is 2. The second kappa shape index (κ2) is 7.97. The fraction of sp³-hybridized carbons (Fsp3) is 0.136. The second-order valence-corrected chi connectivity index (χ2v) is 7.66. The number of carbonyl (C=O) groups excluding carboxylic acids is 3.